The maximum Gasteiger partial charge on any atom is 0.255 e. The summed E-state index contributed by atoms with van der Waals surface area (Å²) >= 11 is 0. The Bertz CT molecular complexity index is 695. The van der Waals surface area contributed by atoms with Crippen molar-refractivity contribution < 1.29 is 4.79 Å². The zero-order chi connectivity index (χ0) is 16.4. The first-order valence-electron chi connectivity index (χ1n) is 8.15. The maximum atomic E-state index is 12.3. The highest BCUT2D eigenvalue weighted by atomic mass is 16.1. The van der Waals surface area contributed by atoms with E-state index in [1.54, 1.807) is 12.4 Å². The molecule has 1 fully saturated rings. The molecule has 0 spiro atoms. The molecule has 2 aromatic heterocycles. The first kappa shape index (κ1) is 15.7. The fraction of sp³-hybridized carbons (Fsp3) is 0.562. The van der Waals surface area contributed by atoms with Gasteiger partial charge >= 0.3 is 0 Å². The van der Waals surface area contributed by atoms with Crippen LogP contribution in [0.15, 0.2) is 12.4 Å². The van der Waals surface area contributed by atoms with Gasteiger partial charge in [-0.2, -0.15) is 0 Å². The third-order valence-electron chi connectivity index (χ3n) is 4.19. The lowest BCUT2D eigenvalue weighted by atomic mass is 10.1. The summed E-state index contributed by atoms with van der Waals surface area (Å²) in [5.41, 5.74) is 1.82. The van der Waals surface area contributed by atoms with Crippen LogP contribution >= 0.6 is 0 Å². The SMILES string of the molecule is CNC1CCCN(c2cnc3[nH]cc(C(=O)NC(C)C)c3n2)C1. The predicted octanol–water partition coefficient (Wildman–Crippen LogP) is 1.28. The number of likely N-dealkylation sites (N-methyl/N-ethyl adjacent to an activating group) is 1. The third-order valence-corrected chi connectivity index (χ3v) is 4.19. The minimum atomic E-state index is -0.121. The summed E-state index contributed by atoms with van der Waals surface area (Å²) in [6.07, 6.45) is 5.76. The van der Waals surface area contributed by atoms with Crippen LogP contribution in [-0.2, 0) is 0 Å². The molecule has 0 aliphatic carbocycles. The molecular formula is C16H24N6O. The molecule has 0 radical (unpaired) electrons. The number of amides is 1. The van der Waals surface area contributed by atoms with Crippen molar-refractivity contribution in [2.45, 2.75) is 38.8 Å². The second-order valence-corrected chi connectivity index (χ2v) is 6.33. The Morgan fingerprint density at radius 2 is 2.30 bits per heavy atom. The largest absolute Gasteiger partial charge is 0.354 e. The van der Waals surface area contributed by atoms with Crippen molar-refractivity contribution in [2.24, 2.45) is 0 Å². The summed E-state index contributed by atoms with van der Waals surface area (Å²) < 4.78 is 0. The lowest BCUT2D eigenvalue weighted by Gasteiger charge is -2.33. The smallest absolute Gasteiger partial charge is 0.255 e. The van der Waals surface area contributed by atoms with Gasteiger partial charge in [0.05, 0.1) is 11.8 Å². The first-order chi connectivity index (χ1) is 11.1. The van der Waals surface area contributed by atoms with E-state index in [0.29, 0.717) is 22.8 Å². The van der Waals surface area contributed by atoms with E-state index in [1.165, 1.54) is 6.42 Å². The van der Waals surface area contributed by atoms with Crippen LogP contribution in [0.25, 0.3) is 11.2 Å². The van der Waals surface area contributed by atoms with Crippen molar-refractivity contribution in [2.75, 3.05) is 25.0 Å². The number of aromatic amines is 1. The molecule has 2 aromatic rings. The highest BCUT2D eigenvalue weighted by molar-refractivity contribution is 6.04. The summed E-state index contributed by atoms with van der Waals surface area (Å²) in [6, 6.07) is 0.554. The van der Waals surface area contributed by atoms with Gasteiger partial charge in [0, 0.05) is 31.4 Å². The molecule has 0 bridgehead atoms. The van der Waals surface area contributed by atoms with Gasteiger partial charge in [0.1, 0.15) is 11.3 Å². The molecule has 23 heavy (non-hydrogen) atoms. The molecule has 1 aliphatic rings. The Balaban J connectivity index is 1.90. The number of aromatic nitrogens is 3. The minimum absolute atomic E-state index is 0.0853. The zero-order valence-corrected chi connectivity index (χ0v) is 13.9. The Hall–Kier alpha value is -2.15. The molecule has 3 rings (SSSR count). The fourth-order valence-electron chi connectivity index (χ4n) is 2.97. The maximum absolute atomic E-state index is 12.3. The van der Waals surface area contributed by atoms with E-state index in [4.69, 9.17) is 4.98 Å². The van der Waals surface area contributed by atoms with E-state index < -0.39 is 0 Å². The number of H-pyrrole nitrogens is 1. The third kappa shape index (κ3) is 3.29. The molecule has 1 aliphatic heterocycles. The molecule has 124 valence electrons. The van der Waals surface area contributed by atoms with Crippen LogP contribution in [0.4, 0.5) is 5.82 Å². The van der Waals surface area contributed by atoms with Crippen molar-refractivity contribution in [3.05, 3.63) is 18.0 Å². The summed E-state index contributed by atoms with van der Waals surface area (Å²) in [6.45, 7) is 5.76. The number of carbonyl (C=O) groups excluding carboxylic acids is 1. The number of nitrogens with zero attached hydrogens (tertiary/aromatic N) is 3. The molecule has 7 heteroatoms. The second-order valence-electron chi connectivity index (χ2n) is 6.33. The quantitative estimate of drug-likeness (QED) is 0.791. The van der Waals surface area contributed by atoms with Gasteiger partial charge in [-0.3, -0.25) is 4.79 Å². The number of carbonyl (C=O) groups is 1. The normalized spacial score (nSPS) is 18.6. The Morgan fingerprint density at radius 1 is 1.48 bits per heavy atom. The average molecular weight is 316 g/mol. The van der Waals surface area contributed by atoms with Crippen molar-refractivity contribution in [1.82, 2.24) is 25.6 Å². The summed E-state index contributed by atoms with van der Waals surface area (Å²) in [5.74, 6) is 0.708. The van der Waals surface area contributed by atoms with Gasteiger partial charge in [0.15, 0.2) is 5.65 Å². The molecular weight excluding hydrogens is 292 g/mol. The molecule has 3 N–H and O–H groups in total. The van der Waals surface area contributed by atoms with Crippen molar-refractivity contribution in [3.63, 3.8) is 0 Å². The molecule has 1 amide bonds. The van der Waals surface area contributed by atoms with E-state index in [2.05, 4.69) is 25.5 Å². The van der Waals surface area contributed by atoms with E-state index in [9.17, 15) is 4.79 Å². The van der Waals surface area contributed by atoms with Crippen LogP contribution < -0.4 is 15.5 Å². The zero-order valence-electron chi connectivity index (χ0n) is 13.9. The Labute approximate surface area is 135 Å². The second kappa shape index (κ2) is 6.54. The Kier molecular flexibility index (Phi) is 4.47. The summed E-state index contributed by atoms with van der Waals surface area (Å²) in [5, 5.41) is 6.23. The molecule has 3 heterocycles. The van der Waals surface area contributed by atoms with E-state index >= 15 is 0 Å². The number of nitrogens with one attached hydrogen (secondary N) is 3. The fourth-order valence-corrected chi connectivity index (χ4v) is 2.97. The van der Waals surface area contributed by atoms with Crippen LogP contribution in [0.2, 0.25) is 0 Å². The average Bonchev–Trinajstić information content (AvgIpc) is 2.97. The number of rotatable bonds is 4. The van der Waals surface area contributed by atoms with Gasteiger partial charge in [-0.05, 0) is 33.7 Å². The van der Waals surface area contributed by atoms with E-state index in [0.717, 1.165) is 25.3 Å². The first-order valence-corrected chi connectivity index (χ1v) is 8.15. The highest BCUT2D eigenvalue weighted by Crippen LogP contribution is 2.21. The molecule has 1 atom stereocenters. The predicted molar refractivity (Wildman–Crippen MR) is 90.8 cm³/mol. The summed E-state index contributed by atoms with van der Waals surface area (Å²) in [4.78, 5) is 26.7. The summed E-state index contributed by atoms with van der Waals surface area (Å²) in [7, 11) is 1.99. The standard InChI is InChI=1S/C16H24N6O/c1-10(2)20-16(23)12-7-18-15-14(12)21-13(8-19-15)22-6-4-5-11(9-22)17-3/h7-8,10-11,17H,4-6,9H2,1-3H3,(H,18,19)(H,20,23). The highest BCUT2D eigenvalue weighted by Gasteiger charge is 2.21. The van der Waals surface area contributed by atoms with Gasteiger partial charge in [0.25, 0.3) is 5.91 Å². The number of piperidine rings is 1. The molecule has 0 saturated carbocycles. The minimum Gasteiger partial charge on any atom is -0.354 e. The monoisotopic (exact) mass is 316 g/mol. The topological polar surface area (TPSA) is 85.9 Å². The molecule has 0 aromatic carbocycles. The van der Waals surface area contributed by atoms with Gasteiger partial charge in [0.2, 0.25) is 0 Å². The van der Waals surface area contributed by atoms with Crippen molar-refractivity contribution in [1.29, 1.82) is 0 Å². The van der Waals surface area contributed by atoms with Crippen LogP contribution in [0.1, 0.15) is 37.0 Å². The number of anilines is 1. The van der Waals surface area contributed by atoms with Crippen LogP contribution in [0.3, 0.4) is 0 Å². The van der Waals surface area contributed by atoms with Gasteiger partial charge < -0.3 is 20.5 Å². The van der Waals surface area contributed by atoms with Gasteiger partial charge in [-0.1, -0.05) is 0 Å². The Morgan fingerprint density at radius 3 is 3.04 bits per heavy atom. The number of hydrogen-bond donors (Lipinski definition) is 3. The van der Waals surface area contributed by atoms with E-state index in [1.807, 2.05) is 20.9 Å². The lowest BCUT2D eigenvalue weighted by Crippen LogP contribution is -2.44. The van der Waals surface area contributed by atoms with Crippen LogP contribution in [-0.4, -0.2) is 53.1 Å². The van der Waals surface area contributed by atoms with Gasteiger partial charge in [-0.25, -0.2) is 9.97 Å². The lowest BCUT2D eigenvalue weighted by molar-refractivity contribution is 0.0944. The molecule has 1 unspecified atom stereocenters. The van der Waals surface area contributed by atoms with Gasteiger partial charge in [-0.15, -0.1) is 0 Å². The van der Waals surface area contributed by atoms with Crippen LogP contribution in [0, 0.1) is 0 Å². The van der Waals surface area contributed by atoms with Crippen molar-refractivity contribution in [3.8, 4) is 0 Å². The molecule has 1 saturated heterocycles. The van der Waals surface area contributed by atoms with Crippen LogP contribution in [0.5, 0.6) is 0 Å². The molecule has 7 nitrogen and oxygen atoms in total. The number of fused-ring (bicyclic) bond motifs is 1. The number of hydrogen-bond acceptors (Lipinski definition) is 5. The van der Waals surface area contributed by atoms with E-state index in [-0.39, 0.29) is 11.9 Å². The van der Waals surface area contributed by atoms with Crippen molar-refractivity contribution >= 4 is 22.9 Å².